The molecule has 0 unspecified atom stereocenters. The summed E-state index contributed by atoms with van der Waals surface area (Å²) < 4.78 is 2.39. The third-order valence-electron chi connectivity index (χ3n) is 8.41. The van der Waals surface area contributed by atoms with E-state index in [0.717, 1.165) is 0 Å². The van der Waals surface area contributed by atoms with Gasteiger partial charge < -0.3 is 4.57 Å². The molecule has 1 aromatic heterocycles. The summed E-state index contributed by atoms with van der Waals surface area (Å²) in [5.74, 6) is 0. The second-order valence-corrected chi connectivity index (χ2v) is 11.0. The van der Waals surface area contributed by atoms with Crippen molar-refractivity contribution in [2.45, 2.75) is 0 Å². The van der Waals surface area contributed by atoms with Crippen LogP contribution in [0.1, 0.15) is 0 Å². The second kappa shape index (κ2) is 10.6. The summed E-state index contributed by atoms with van der Waals surface area (Å²) in [7, 11) is 0. The van der Waals surface area contributed by atoms with Crippen LogP contribution >= 0.6 is 0 Å². The molecule has 1 heterocycles. The third-order valence-corrected chi connectivity index (χ3v) is 8.41. The summed E-state index contributed by atoms with van der Waals surface area (Å²) in [5.41, 5.74) is 13.4. The monoisotopic (exact) mass is 547 g/mol. The molecule has 0 N–H and O–H groups in total. The molecule has 0 spiro atoms. The molecular formula is C42H29N. The Bertz CT molecular complexity index is 2200. The summed E-state index contributed by atoms with van der Waals surface area (Å²) in [6.07, 6.45) is 0. The highest BCUT2D eigenvalue weighted by atomic mass is 15.0. The van der Waals surface area contributed by atoms with Crippen molar-refractivity contribution in [3.05, 3.63) is 176 Å². The van der Waals surface area contributed by atoms with Crippen molar-refractivity contribution in [3.8, 4) is 50.2 Å². The molecule has 0 aliphatic rings. The van der Waals surface area contributed by atoms with Crippen LogP contribution in [0.3, 0.4) is 0 Å². The first-order chi connectivity index (χ1) is 21.3. The Balaban J connectivity index is 1.18. The van der Waals surface area contributed by atoms with Crippen molar-refractivity contribution < 1.29 is 0 Å². The zero-order valence-electron chi connectivity index (χ0n) is 23.7. The van der Waals surface area contributed by atoms with Crippen molar-refractivity contribution in [3.63, 3.8) is 0 Å². The minimum absolute atomic E-state index is 1.17. The maximum atomic E-state index is 2.39. The standard InChI is InChI=1S/C42H29N/c1-3-11-30(12-4-1)34-15-9-16-35(27-34)32-21-23-33(24-22-32)37-25-26-42-40(29-37)39-19-7-8-20-41(39)43(42)38-18-10-17-36(28-38)31-13-5-2-6-14-31/h1-29H. The Hall–Kier alpha value is -5.66. The molecule has 0 fully saturated rings. The smallest absolute Gasteiger partial charge is 0.0541 e. The maximum absolute atomic E-state index is 2.39. The first-order valence-corrected chi connectivity index (χ1v) is 14.8. The number of aromatic nitrogens is 1. The van der Waals surface area contributed by atoms with E-state index < -0.39 is 0 Å². The average Bonchev–Trinajstić information content (AvgIpc) is 3.43. The summed E-state index contributed by atoms with van der Waals surface area (Å²) in [5, 5.41) is 2.52. The molecule has 0 aliphatic heterocycles. The van der Waals surface area contributed by atoms with Crippen molar-refractivity contribution in [2.24, 2.45) is 0 Å². The van der Waals surface area contributed by atoms with Gasteiger partial charge in [-0.3, -0.25) is 0 Å². The zero-order valence-corrected chi connectivity index (χ0v) is 23.7. The average molecular weight is 548 g/mol. The van der Waals surface area contributed by atoms with Crippen molar-refractivity contribution in [2.75, 3.05) is 0 Å². The lowest BCUT2D eigenvalue weighted by molar-refractivity contribution is 1.18. The molecule has 8 rings (SSSR count). The SMILES string of the molecule is c1ccc(-c2cccc(-c3ccc(-c4ccc5c(c4)c4ccccc4n5-c4cccc(-c5ccccc5)c4)cc3)c2)cc1. The lowest BCUT2D eigenvalue weighted by atomic mass is 9.96. The van der Waals surface area contributed by atoms with Crippen LogP contribution < -0.4 is 0 Å². The zero-order chi connectivity index (χ0) is 28.6. The minimum atomic E-state index is 1.17. The molecule has 1 nitrogen and oxygen atoms in total. The first kappa shape index (κ1) is 25.1. The molecule has 43 heavy (non-hydrogen) atoms. The highest BCUT2D eigenvalue weighted by Gasteiger charge is 2.14. The Kier molecular flexibility index (Phi) is 6.20. The van der Waals surface area contributed by atoms with Gasteiger partial charge in [-0.2, -0.15) is 0 Å². The van der Waals surface area contributed by atoms with Crippen molar-refractivity contribution in [1.29, 1.82) is 0 Å². The number of para-hydroxylation sites is 1. The van der Waals surface area contributed by atoms with Crippen LogP contribution in [0.4, 0.5) is 0 Å². The van der Waals surface area contributed by atoms with Crippen LogP contribution in [0.2, 0.25) is 0 Å². The Morgan fingerprint density at radius 3 is 1.35 bits per heavy atom. The number of benzene rings is 7. The van der Waals surface area contributed by atoms with Gasteiger partial charge in [-0.1, -0.05) is 140 Å². The molecule has 0 bridgehead atoms. The molecule has 0 radical (unpaired) electrons. The molecule has 0 saturated heterocycles. The van der Waals surface area contributed by atoms with E-state index >= 15 is 0 Å². The van der Waals surface area contributed by atoms with E-state index in [9.17, 15) is 0 Å². The van der Waals surface area contributed by atoms with Crippen molar-refractivity contribution >= 4 is 21.8 Å². The van der Waals surface area contributed by atoms with E-state index in [1.807, 2.05) is 0 Å². The third kappa shape index (κ3) is 4.62. The fourth-order valence-corrected chi connectivity index (χ4v) is 6.25. The molecule has 1 heteroatoms. The molecule has 202 valence electrons. The van der Waals surface area contributed by atoms with E-state index in [1.165, 1.54) is 72.0 Å². The lowest BCUT2D eigenvalue weighted by Gasteiger charge is -2.11. The van der Waals surface area contributed by atoms with Crippen LogP contribution in [0, 0.1) is 0 Å². The summed E-state index contributed by atoms with van der Waals surface area (Å²) in [4.78, 5) is 0. The number of nitrogens with zero attached hydrogens (tertiary/aromatic N) is 1. The predicted molar refractivity (Wildman–Crippen MR) is 183 cm³/mol. The number of hydrogen-bond acceptors (Lipinski definition) is 0. The minimum Gasteiger partial charge on any atom is -0.309 e. The van der Waals surface area contributed by atoms with Gasteiger partial charge in [0.25, 0.3) is 0 Å². The molecule has 0 amide bonds. The predicted octanol–water partition coefficient (Wildman–Crippen LogP) is 11.5. The Labute approximate surface area is 251 Å². The Morgan fingerprint density at radius 2 is 0.698 bits per heavy atom. The number of fused-ring (bicyclic) bond motifs is 3. The molecule has 0 atom stereocenters. The Morgan fingerprint density at radius 1 is 0.256 bits per heavy atom. The normalized spacial score (nSPS) is 11.3. The molecule has 7 aromatic carbocycles. The highest BCUT2D eigenvalue weighted by Crippen LogP contribution is 2.36. The van der Waals surface area contributed by atoms with Gasteiger partial charge in [0.05, 0.1) is 11.0 Å². The van der Waals surface area contributed by atoms with Crippen LogP contribution in [0.25, 0.3) is 72.0 Å². The largest absolute Gasteiger partial charge is 0.309 e. The molecule has 0 saturated carbocycles. The van der Waals surface area contributed by atoms with Gasteiger partial charge in [-0.05, 0) is 80.9 Å². The van der Waals surface area contributed by atoms with Crippen molar-refractivity contribution in [1.82, 2.24) is 4.57 Å². The van der Waals surface area contributed by atoms with Gasteiger partial charge >= 0.3 is 0 Å². The van der Waals surface area contributed by atoms with E-state index in [-0.39, 0.29) is 0 Å². The van der Waals surface area contributed by atoms with Gasteiger partial charge in [0.15, 0.2) is 0 Å². The quantitative estimate of drug-likeness (QED) is 0.202. The maximum Gasteiger partial charge on any atom is 0.0541 e. The van der Waals surface area contributed by atoms with Gasteiger partial charge in [0.2, 0.25) is 0 Å². The fraction of sp³-hybridized carbons (Fsp3) is 0. The van der Waals surface area contributed by atoms with Crippen LogP contribution in [-0.2, 0) is 0 Å². The lowest BCUT2D eigenvalue weighted by Crippen LogP contribution is -1.94. The number of rotatable bonds is 5. The van der Waals surface area contributed by atoms with Crippen LogP contribution in [0.15, 0.2) is 176 Å². The fourth-order valence-electron chi connectivity index (χ4n) is 6.25. The van der Waals surface area contributed by atoms with E-state index in [0.29, 0.717) is 0 Å². The van der Waals surface area contributed by atoms with Gasteiger partial charge in [0.1, 0.15) is 0 Å². The summed E-state index contributed by atoms with van der Waals surface area (Å²) in [6.45, 7) is 0. The molecule has 8 aromatic rings. The highest BCUT2D eigenvalue weighted by molar-refractivity contribution is 6.10. The first-order valence-electron chi connectivity index (χ1n) is 14.8. The summed E-state index contributed by atoms with van der Waals surface area (Å²) in [6, 6.07) is 63.4. The van der Waals surface area contributed by atoms with Gasteiger partial charge in [-0.25, -0.2) is 0 Å². The van der Waals surface area contributed by atoms with Gasteiger partial charge in [-0.15, -0.1) is 0 Å². The van der Waals surface area contributed by atoms with Gasteiger partial charge in [0, 0.05) is 16.5 Å². The van der Waals surface area contributed by atoms with E-state index in [1.54, 1.807) is 0 Å². The van der Waals surface area contributed by atoms with E-state index in [4.69, 9.17) is 0 Å². The van der Waals surface area contributed by atoms with Crippen LogP contribution in [0.5, 0.6) is 0 Å². The molecule has 0 aliphatic carbocycles. The molecular weight excluding hydrogens is 518 g/mol. The number of hydrogen-bond donors (Lipinski definition) is 0. The van der Waals surface area contributed by atoms with Crippen LogP contribution in [-0.4, -0.2) is 4.57 Å². The van der Waals surface area contributed by atoms with E-state index in [2.05, 4.69) is 180 Å². The second-order valence-electron chi connectivity index (χ2n) is 11.0. The topological polar surface area (TPSA) is 4.93 Å². The summed E-state index contributed by atoms with van der Waals surface area (Å²) >= 11 is 0.